The molecular weight excluding hydrogens is 329 g/mol. The second-order valence-corrected chi connectivity index (χ2v) is 5.91. The number of carbonyl (C=O) groups is 1. The van der Waals surface area contributed by atoms with Crippen molar-refractivity contribution >= 4 is 11.6 Å². The Labute approximate surface area is 142 Å². The molecule has 1 saturated heterocycles. The first-order valence-corrected chi connectivity index (χ1v) is 7.85. The summed E-state index contributed by atoms with van der Waals surface area (Å²) >= 11 is 0. The van der Waals surface area contributed by atoms with Crippen LogP contribution < -0.4 is 5.56 Å². The second-order valence-electron chi connectivity index (χ2n) is 5.91. The fraction of sp³-hybridized carbons (Fsp3) is 0.294. The average Bonchev–Trinajstić information content (AvgIpc) is 3.07. The lowest BCUT2D eigenvalue weighted by Crippen LogP contribution is -2.36. The molecule has 25 heavy (non-hydrogen) atoms. The van der Waals surface area contributed by atoms with Gasteiger partial charge in [-0.25, -0.2) is 4.39 Å². The molecule has 1 fully saturated rings. The highest BCUT2D eigenvalue weighted by atomic mass is 19.1. The van der Waals surface area contributed by atoms with Crippen molar-refractivity contribution in [2.45, 2.75) is 25.4 Å². The molecule has 0 saturated carbocycles. The molecule has 1 aromatic heterocycles. The number of amides is 1. The number of carbonyl (C=O) groups excluding carboxylic acids is 1. The summed E-state index contributed by atoms with van der Waals surface area (Å²) in [5.41, 5.74) is 0.110. The molecule has 0 spiro atoms. The SMILES string of the molecule is O=C(Cn1cc([N+](=O)[O-])ccc1=O)N1CCCC1c1ccc(F)cc1. The summed E-state index contributed by atoms with van der Waals surface area (Å²) in [5, 5.41) is 10.8. The third-order valence-electron chi connectivity index (χ3n) is 4.31. The minimum atomic E-state index is -0.614. The number of likely N-dealkylation sites (tertiary alicyclic amines) is 1. The van der Waals surface area contributed by atoms with E-state index in [1.165, 1.54) is 12.1 Å². The van der Waals surface area contributed by atoms with E-state index in [-0.39, 0.29) is 30.0 Å². The van der Waals surface area contributed by atoms with Gasteiger partial charge < -0.3 is 4.90 Å². The smallest absolute Gasteiger partial charge is 0.285 e. The molecule has 2 heterocycles. The van der Waals surface area contributed by atoms with Gasteiger partial charge in [-0.15, -0.1) is 0 Å². The van der Waals surface area contributed by atoms with Crippen molar-refractivity contribution in [3.8, 4) is 0 Å². The molecule has 3 rings (SSSR count). The molecule has 0 aliphatic carbocycles. The Morgan fingerprint density at radius 3 is 2.64 bits per heavy atom. The Morgan fingerprint density at radius 2 is 1.96 bits per heavy atom. The largest absolute Gasteiger partial charge is 0.334 e. The lowest BCUT2D eigenvalue weighted by molar-refractivity contribution is -0.385. The van der Waals surface area contributed by atoms with E-state index in [0.717, 1.165) is 41.3 Å². The molecule has 1 atom stereocenters. The molecule has 1 aromatic carbocycles. The zero-order valence-corrected chi connectivity index (χ0v) is 13.3. The number of hydrogen-bond donors (Lipinski definition) is 0. The van der Waals surface area contributed by atoms with Crippen LogP contribution in [-0.2, 0) is 11.3 Å². The Hall–Kier alpha value is -3.03. The number of nitro groups is 1. The van der Waals surface area contributed by atoms with Crippen LogP contribution in [0.25, 0.3) is 0 Å². The molecule has 1 aliphatic heterocycles. The summed E-state index contributed by atoms with van der Waals surface area (Å²) in [5.74, 6) is -0.641. The zero-order chi connectivity index (χ0) is 18.0. The van der Waals surface area contributed by atoms with Crippen molar-refractivity contribution in [1.29, 1.82) is 0 Å². The van der Waals surface area contributed by atoms with E-state index in [1.54, 1.807) is 17.0 Å². The summed E-state index contributed by atoms with van der Waals surface area (Å²) in [6, 6.07) is 7.99. The quantitative estimate of drug-likeness (QED) is 0.628. The van der Waals surface area contributed by atoms with E-state index in [1.807, 2.05) is 0 Å². The third kappa shape index (κ3) is 3.57. The molecule has 2 aromatic rings. The van der Waals surface area contributed by atoms with Gasteiger partial charge in [-0.05, 0) is 30.5 Å². The molecule has 1 aliphatic rings. The van der Waals surface area contributed by atoms with Gasteiger partial charge in [0.2, 0.25) is 5.91 Å². The summed E-state index contributed by atoms with van der Waals surface area (Å²) in [7, 11) is 0. The molecule has 8 heteroatoms. The Balaban J connectivity index is 1.81. The van der Waals surface area contributed by atoms with Crippen LogP contribution in [0.15, 0.2) is 47.4 Å². The summed E-state index contributed by atoms with van der Waals surface area (Å²) in [4.78, 5) is 36.3. The lowest BCUT2D eigenvalue weighted by Gasteiger charge is -2.25. The van der Waals surface area contributed by atoms with Crippen molar-refractivity contribution in [3.05, 3.63) is 74.4 Å². The Bertz CT molecular complexity index is 863. The summed E-state index contributed by atoms with van der Waals surface area (Å²) < 4.78 is 14.1. The molecule has 130 valence electrons. The van der Waals surface area contributed by atoms with E-state index in [2.05, 4.69) is 0 Å². The molecule has 1 unspecified atom stereocenters. The van der Waals surface area contributed by atoms with Gasteiger partial charge in [-0.3, -0.25) is 24.3 Å². The number of pyridine rings is 1. The minimum absolute atomic E-state index is 0.178. The van der Waals surface area contributed by atoms with Crippen LogP contribution in [0, 0.1) is 15.9 Å². The maximum absolute atomic E-state index is 13.1. The predicted octanol–water partition coefficient (Wildman–Crippen LogP) is 2.26. The Morgan fingerprint density at radius 1 is 1.24 bits per heavy atom. The van der Waals surface area contributed by atoms with Crippen molar-refractivity contribution in [2.24, 2.45) is 0 Å². The molecule has 1 amide bonds. The first-order valence-electron chi connectivity index (χ1n) is 7.85. The maximum Gasteiger partial charge on any atom is 0.285 e. The van der Waals surface area contributed by atoms with Crippen molar-refractivity contribution in [1.82, 2.24) is 9.47 Å². The fourth-order valence-electron chi connectivity index (χ4n) is 3.08. The van der Waals surface area contributed by atoms with Gasteiger partial charge in [-0.2, -0.15) is 0 Å². The highest BCUT2D eigenvalue weighted by Gasteiger charge is 2.30. The van der Waals surface area contributed by atoms with E-state index >= 15 is 0 Å². The molecule has 7 nitrogen and oxygen atoms in total. The summed E-state index contributed by atoms with van der Waals surface area (Å²) in [6.07, 6.45) is 2.63. The molecular formula is C17H16FN3O4. The normalized spacial score (nSPS) is 16.8. The van der Waals surface area contributed by atoms with Gasteiger partial charge in [0.1, 0.15) is 12.4 Å². The topological polar surface area (TPSA) is 85.5 Å². The van der Waals surface area contributed by atoms with Crippen LogP contribution >= 0.6 is 0 Å². The van der Waals surface area contributed by atoms with Crippen LogP contribution in [0.3, 0.4) is 0 Å². The van der Waals surface area contributed by atoms with Crippen LogP contribution in [0.5, 0.6) is 0 Å². The number of hydrogen-bond acceptors (Lipinski definition) is 4. The molecule has 0 N–H and O–H groups in total. The van der Waals surface area contributed by atoms with Gasteiger partial charge in [0.05, 0.1) is 17.2 Å². The van der Waals surface area contributed by atoms with E-state index in [0.29, 0.717) is 6.54 Å². The van der Waals surface area contributed by atoms with E-state index in [9.17, 15) is 24.1 Å². The first-order chi connectivity index (χ1) is 12.0. The van der Waals surface area contributed by atoms with Crippen LogP contribution in [0.1, 0.15) is 24.4 Å². The number of aromatic nitrogens is 1. The van der Waals surface area contributed by atoms with Crippen LogP contribution in [0.4, 0.5) is 10.1 Å². The average molecular weight is 345 g/mol. The van der Waals surface area contributed by atoms with E-state index in [4.69, 9.17) is 0 Å². The number of nitrogens with zero attached hydrogens (tertiary/aromatic N) is 3. The second kappa shape index (κ2) is 6.84. The minimum Gasteiger partial charge on any atom is -0.334 e. The van der Waals surface area contributed by atoms with Gasteiger partial charge in [0, 0.05) is 18.7 Å². The molecule has 0 radical (unpaired) electrons. The van der Waals surface area contributed by atoms with Crippen molar-refractivity contribution < 1.29 is 14.1 Å². The number of rotatable bonds is 4. The van der Waals surface area contributed by atoms with Crippen molar-refractivity contribution in [3.63, 3.8) is 0 Å². The van der Waals surface area contributed by atoms with Crippen LogP contribution in [-0.4, -0.2) is 26.8 Å². The highest BCUT2D eigenvalue weighted by molar-refractivity contribution is 5.77. The standard InChI is InChI=1S/C17H16FN3O4/c18-13-5-3-12(4-6-13)15-2-1-9-20(15)17(23)11-19-10-14(21(24)25)7-8-16(19)22/h3-8,10,15H,1-2,9,11H2. The third-order valence-corrected chi connectivity index (χ3v) is 4.31. The van der Waals surface area contributed by atoms with Gasteiger partial charge in [0.15, 0.2) is 0 Å². The maximum atomic E-state index is 13.1. The monoisotopic (exact) mass is 345 g/mol. The predicted molar refractivity (Wildman–Crippen MR) is 87.4 cm³/mol. The number of benzene rings is 1. The number of halogens is 1. The van der Waals surface area contributed by atoms with Gasteiger partial charge in [-0.1, -0.05) is 12.1 Å². The van der Waals surface area contributed by atoms with Gasteiger partial charge in [0.25, 0.3) is 11.2 Å². The molecule has 0 bridgehead atoms. The van der Waals surface area contributed by atoms with Crippen LogP contribution in [0.2, 0.25) is 0 Å². The van der Waals surface area contributed by atoms with E-state index < -0.39 is 10.5 Å². The zero-order valence-electron chi connectivity index (χ0n) is 13.3. The van der Waals surface area contributed by atoms with Gasteiger partial charge >= 0.3 is 0 Å². The summed E-state index contributed by atoms with van der Waals surface area (Å²) in [6.45, 7) is 0.267. The fourth-order valence-corrected chi connectivity index (χ4v) is 3.08. The first kappa shape index (κ1) is 16.8. The Kier molecular flexibility index (Phi) is 4.60. The lowest BCUT2D eigenvalue weighted by atomic mass is 10.0. The van der Waals surface area contributed by atoms with Crippen molar-refractivity contribution in [2.75, 3.05) is 6.54 Å². The highest BCUT2D eigenvalue weighted by Crippen LogP contribution is 2.32.